The van der Waals surface area contributed by atoms with Crippen LogP contribution >= 0.6 is 27.5 Å². The van der Waals surface area contributed by atoms with Crippen molar-refractivity contribution in [1.82, 2.24) is 0 Å². The fraction of sp³-hybridized carbons (Fsp3) is 0.417. The molecule has 5 heteroatoms. The highest BCUT2D eigenvalue weighted by molar-refractivity contribution is 9.10. The van der Waals surface area contributed by atoms with E-state index in [2.05, 4.69) is 21.2 Å². The van der Waals surface area contributed by atoms with Crippen molar-refractivity contribution < 1.29 is 9.53 Å². The van der Waals surface area contributed by atoms with Crippen LogP contribution in [-0.2, 0) is 4.79 Å². The zero-order valence-corrected chi connectivity index (χ0v) is 12.1. The number of nitrogens with one attached hydrogen (secondary N) is 1. The second kappa shape index (κ2) is 6.87. The van der Waals surface area contributed by atoms with E-state index in [4.69, 9.17) is 16.3 Å². The van der Waals surface area contributed by atoms with Gasteiger partial charge in [-0.3, -0.25) is 4.79 Å². The molecular formula is C12H15BrClNO2. The van der Waals surface area contributed by atoms with Gasteiger partial charge in [0.1, 0.15) is 5.75 Å². The quantitative estimate of drug-likeness (QED) is 0.837. The lowest BCUT2D eigenvalue weighted by Gasteiger charge is -2.13. The van der Waals surface area contributed by atoms with Crippen LogP contribution in [0.2, 0.25) is 5.02 Å². The van der Waals surface area contributed by atoms with Gasteiger partial charge < -0.3 is 10.1 Å². The Bertz CT molecular complexity index is 398. The Labute approximate surface area is 115 Å². The van der Waals surface area contributed by atoms with Gasteiger partial charge >= 0.3 is 0 Å². The summed E-state index contributed by atoms with van der Waals surface area (Å²) in [6, 6.07) is 5.16. The number of halogens is 2. The van der Waals surface area contributed by atoms with Gasteiger partial charge in [0.05, 0.1) is 17.1 Å². The molecule has 17 heavy (non-hydrogen) atoms. The molecule has 0 aromatic heterocycles. The molecule has 0 spiro atoms. The molecule has 94 valence electrons. The lowest BCUT2D eigenvalue weighted by Crippen LogP contribution is -2.22. The highest BCUT2D eigenvalue weighted by Gasteiger charge is 2.14. The second-order valence-corrected chi connectivity index (χ2v) is 4.98. The van der Waals surface area contributed by atoms with Crippen LogP contribution in [-0.4, -0.2) is 17.3 Å². The van der Waals surface area contributed by atoms with Gasteiger partial charge in [-0.05, 0) is 31.5 Å². The van der Waals surface area contributed by atoms with Crippen molar-refractivity contribution in [2.75, 3.05) is 11.9 Å². The molecule has 1 unspecified atom stereocenters. The molecule has 0 saturated carbocycles. The van der Waals surface area contributed by atoms with Crippen LogP contribution in [0.25, 0.3) is 0 Å². The summed E-state index contributed by atoms with van der Waals surface area (Å²) in [5.41, 5.74) is 0.599. The molecule has 1 atom stereocenters. The highest BCUT2D eigenvalue weighted by atomic mass is 79.9. The first-order valence-corrected chi connectivity index (χ1v) is 6.75. The van der Waals surface area contributed by atoms with Gasteiger partial charge in [-0.25, -0.2) is 0 Å². The van der Waals surface area contributed by atoms with Crippen molar-refractivity contribution in [2.24, 2.45) is 0 Å². The van der Waals surface area contributed by atoms with Crippen LogP contribution in [0.4, 0.5) is 5.69 Å². The van der Waals surface area contributed by atoms with Crippen LogP contribution in [0.3, 0.4) is 0 Å². The van der Waals surface area contributed by atoms with Crippen molar-refractivity contribution in [3.63, 3.8) is 0 Å². The average Bonchev–Trinajstić information content (AvgIpc) is 2.31. The molecule has 0 aliphatic heterocycles. The molecule has 1 rings (SSSR count). The van der Waals surface area contributed by atoms with Crippen molar-refractivity contribution in [2.45, 2.75) is 25.1 Å². The molecule has 1 aromatic carbocycles. The number of anilines is 1. The number of alkyl halides is 1. The number of hydrogen-bond acceptors (Lipinski definition) is 2. The molecule has 3 nitrogen and oxygen atoms in total. The minimum absolute atomic E-state index is 0.101. The highest BCUT2D eigenvalue weighted by Crippen LogP contribution is 2.28. The molecule has 1 N–H and O–H groups in total. The molecular weight excluding hydrogens is 305 g/mol. The number of carbonyl (C=O) groups excluding carboxylic acids is 1. The normalized spacial score (nSPS) is 12.0. The molecule has 0 heterocycles. The van der Waals surface area contributed by atoms with E-state index in [9.17, 15) is 4.79 Å². The summed E-state index contributed by atoms with van der Waals surface area (Å²) in [6.45, 7) is 4.36. The van der Waals surface area contributed by atoms with Gasteiger partial charge in [0, 0.05) is 5.02 Å². The maximum atomic E-state index is 11.8. The lowest BCUT2D eigenvalue weighted by atomic mass is 10.2. The predicted octanol–water partition coefficient (Wildman–Crippen LogP) is 3.85. The second-order valence-electron chi connectivity index (χ2n) is 3.44. The first-order chi connectivity index (χ1) is 8.08. The van der Waals surface area contributed by atoms with E-state index in [0.717, 1.165) is 6.42 Å². The van der Waals surface area contributed by atoms with Crippen LogP contribution in [0.15, 0.2) is 18.2 Å². The molecule has 1 amide bonds. The van der Waals surface area contributed by atoms with Crippen molar-refractivity contribution in [3.8, 4) is 5.75 Å². The monoisotopic (exact) mass is 319 g/mol. The van der Waals surface area contributed by atoms with Crippen molar-refractivity contribution in [1.29, 1.82) is 0 Å². The SMILES string of the molecule is CCOc1ccc(Cl)cc1NC(=O)C(Br)CC. The number of benzene rings is 1. The molecule has 0 fully saturated rings. The summed E-state index contributed by atoms with van der Waals surface area (Å²) in [4.78, 5) is 11.5. The minimum Gasteiger partial charge on any atom is -0.492 e. The van der Waals surface area contributed by atoms with Crippen LogP contribution < -0.4 is 10.1 Å². The minimum atomic E-state index is -0.212. The van der Waals surface area contributed by atoms with E-state index in [0.29, 0.717) is 23.1 Å². The third kappa shape index (κ3) is 4.21. The Kier molecular flexibility index (Phi) is 5.78. The predicted molar refractivity (Wildman–Crippen MR) is 74.3 cm³/mol. The summed E-state index contributed by atoms with van der Waals surface area (Å²) in [7, 11) is 0. The largest absolute Gasteiger partial charge is 0.492 e. The van der Waals surface area contributed by atoms with Gasteiger partial charge in [0.15, 0.2) is 0 Å². The fourth-order valence-corrected chi connectivity index (χ4v) is 1.56. The van der Waals surface area contributed by atoms with E-state index in [1.807, 2.05) is 13.8 Å². The molecule has 0 aliphatic rings. The Balaban J connectivity index is 2.87. The number of carbonyl (C=O) groups is 1. The van der Waals surface area contributed by atoms with Crippen LogP contribution in [0.1, 0.15) is 20.3 Å². The first-order valence-electron chi connectivity index (χ1n) is 5.45. The van der Waals surface area contributed by atoms with E-state index < -0.39 is 0 Å². The summed E-state index contributed by atoms with van der Waals surface area (Å²) in [5.74, 6) is 0.525. The Morgan fingerprint density at radius 3 is 2.82 bits per heavy atom. The van der Waals surface area contributed by atoms with E-state index >= 15 is 0 Å². The lowest BCUT2D eigenvalue weighted by molar-refractivity contribution is -0.115. The average molecular weight is 321 g/mol. The topological polar surface area (TPSA) is 38.3 Å². The van der Waals surface area contributed by atoms with E-state index in [1.165, 1.54) is 0 Å². The van der Waals surface area contributed by atoms with Gasteiger partial charge in [-0.2, -0.15) is 0 Å². The molecule has 0 aliphatic carbocycles. The summed E-state index contributed by atoms with van der Waals surface area (Å²) in [5, 5.41) is 3.35. The van der Waals surface area contributed by atoms with Crippen molar-refractivity contribution >= 4 is 39.1 Å². The molecule has 1 aromatic rings. The Morgan fingerprint density at radius 2 is 2.24 bits per heavy atom. The number of ether oxygens (including phenoxy) is 1. The molecule has 0 bridgehead atoms. The van der Waals surface area contributed by atoms with Gasteiger partial charge in [-0.1, -0.05) is 34.5 Å². The summed E-state index contributed by atoms with van der Waals surface area (Å²) >= 11 is 9.19. The summed E-state index contributed by atoms with van der Waals surface area (Å²) in [6.07, 6.45) is 0.719. The molecule has 0 radical (unpaired) electrons. The Morgan fingerprint density at radius 1 is 1.53 bits per heavy atom. The number of hydrogen-bond donors (Lipinski definition) is 1. The maximum absolute atomic E-state index is 11.8. The van der Waals surface area contributed by atoms with Gasteiger partial charge in [0.2, 0.25) is 5.91 Å². The zero-order valence-electron chi connectivity index (χ0n) is 9.80. The molecule has 0 saturated heterocycles. The standard InChI is InChI=1S/C12H15BrClNO2/c1-3-9(13)12(16)15-10-7-8(14)5-6-11(10)17-4-2/h5-7,9H,3-4H2,1-2H3,(H,15,16). The van der Waals surface area contributed by atoms with Crippen LogP contribution in [0, 0.1) is 0 Å². The smallest absolute Gasteiger partial charge is 0.238 e. The third-order valence-corrected chi connectivity index (χ3v) is 3.44. The number of rotatable bonds is 5. The van der Waals surface area contributed by atoms with Gasteiger partial charge in [-0.15, -0.1) is 0 Å². The van der Waals surface area contributed by atoms with Crippen LogP contribution in [0.5, 0.6) is 5.75 Å². The Hall–Kier alpha value is -0.740. The van der Waals surface area contributed by atoms with Gasteiger partial charge in [0.25, 0.3) is 0 Å². The van der Waals surface area contributed by atoms with Crippen molar-refractivity contribution in [3.05, 3.63) is 23.2 Å². The zero-order chi connectivity index (χ0) is 12.8. The van der Waals surface area contributed by atoms with E-state index in [1.54, 1.807) is 18.2 Å². The summed E-state index contributed by atoms with van der Waals surface area (Å²) < 4.78 is 5.42. The maximum Gasteiger partial charge on any atom is 0.238 e. The first kappa shape index (κ1) is 14.3. The number of amides is 1. The fourth-order valence-electron chi connectivity index (χ4n) is 1.28. The third-order valence-electron chi connectivity index (χ3n) is 2.14. The van der Waals surface area contributed by atoms with E-state index in [-0.39, 0.29) is 10.7 Å².